The quantitative estimate of drug-likeness (QED) is 0.174. The average molecular weight is 756 g/mol. The van der Waals surface area contributed by atoms with Crippen molar-refractivity contribution < 1.29 is 24.2 Å². The number of anilines is 2. The van der Waals surface area contributed by atoms with E-state index in [1.807, 2.05) is 29.2 Å². The van der Waals surface area contributed by atoms with E-state index >= 15 is 4.79 Å². The van der Waals surface area contributed by atoms with Crippen molar-refractivity contribution >= 4 is 34.8 Å². The van der Waals surface area contributed by atoms with Gasteiger partial charge in [-0.3, -0.25) is 19.4 Å². The summed E-state index contributed by atoms with van der Waals surface area (Å²) in [6, 6.07) is 29.3. The van der Waals surface area contributed by atoms with Crippen LogP contribution in [0, 0.1) is 11.3 Å². The zero-order valence-electron chi connectivity index (χ0n) is 30.7. The number of morpholine rings is 1. The van der Waals surface area contributed by atoms with E-state index in [9.17, 15) is 15.2 Å². The summed E-state index contributed by atoms with van der Waals surface area (Å²) in [6.45, 7) is 4.94. The molecule has 1 aromatic heterocycles. The topological polar surface area (TPSA) is 111 Å². The number of ether oxygens (including phenoxy) is 2. The maximum Gasteiger partial charge on any atom is 0.264 e. The van der Waals surface area contributed by atoms with Gasteiger partial charge >= 0.3 is 0 Å². The van der Waals surface area contributed by atoms with Gasteiger partial charge in [0.15, 0.2) is 0 Å². The van der Waals surface area contributed by atoms with Crippen LogP contribution in [0.15, 0.2) is 91.0 Å². The molecule has 0 bridgehead atoms. The molecule has 11 heteroatoms. The molecule has 1 atom stereocenters. The van der Waals surface area contributed by atoms with Crippen molar-refractivity contribution in [3.63, 3.8) is 0 Å². The summed E-state index contributed by atoms with van der Waals surface area (Å²) in [6.07, 6.45) is 3.25. The third kappa shape index (κ3) is 7.19. The van der Waals surface area contributed by atoms with Crippen molar-refractivity contribution in [2.24, 2.45) is 0 Å². The third-order valence-electron chi connectivity index (χ3n) is 11.0. The maximum atomic E-state index is 15.0. The minimum Gasteiger partial charge on any atom is -0.508 e. The van der Waals surface area contributed by atoms with E-state index in [1.165, 1.54) is 24.8 Å². The molecule has 10 nitrogen and oxygen atoms in total. The number of fused-ring (bicyclic) bond motifs is 2. The Morgan fingerprint density at radius 3 is 2.45 bits per heavy atom. The smallest absolute Gasteiger partial charge is 0.264 e. The molecule has 0 radical (unpaired) electrons. The summed E-state index contributed by atoms with van der Waals surface area (Å²) in [5.74, 6) is 0.0847. The maximum absolute atomic E-state index is 15.0. The second-order valence-electron chi connectivity index (χ2n) is 14.3. The van der Waals surface area contributed by atoms with E-state index in [0.717, 1.165) is 55.8 Å². The van der Waals surface area contributed by atoms with Gasteiger partial charge < -0.3 is 24.0 Å². The Morgan fingerprint density at radius 1 is 0.927 bits per heavy atom. The monoisotopic (exact) mass is 755 g/mol. The van der Waals surface area contributed by atoms with Gasteiger partial charge in [-0.1, -0.05) is 35.9 Å². The Balaban J connectivity index is 1.22. The molecule has 1 N–H and O–H groups in total. The number of methoxy groups -OCH3 is 1. The van der Waals surface area contributed by atoms with Crippen LogP contribution in [0.3, 0.4) is 0 Å². The predicted octanol–water partition coefficient (Wildman–Crippen LogP) is 7.61. The van der Waals surface area contributed by atoms with Crippen LogP contribution in [0.4, 0.5) is 11.4 Å². The van der Waals surface area contributed by atoms with Gasteiger partial charge in [0.25, 0.3) is 11.8 Å². The number of aromatic hydroxyl groups is 1. The second kappa shape index (κ2) is 15.6. The first-order valence-corrected chi connectivity index (χ1v) is 19.1. The summed E-state index contributed by atoms with van der Waals surface area (Å²) in [5, 5.41) is 20.5. The number of carbonyl (C=O) groups is 2. The predicted molar refractivity (Wildman–Crippen MR) is 211 cm³/mol. The van der Waals surface area contributed by atoms with Crippen LogP contribution in [0.2, 0.25) is 5.02 Å². The van der Waals surface area contributed by atoms with Crippen LogP contribution >= 0.6 is 11.6 Å². The summed E-state index contributed by atoms with van der Waals surface area (Å²) in [4.78, 5) is 35.9. The normalized spacial score (nSPS) is 16.8. The van der Waals surface area contributed by atoms with Gasteiger partial charge in [0.05, 0.1) is 37.1 Å². The molecule has 8 rings (SSSR count). The molecular formula is C44H42ClN5O5. The molecule has 3 aliphatic heterocycles. The fourth-order valence-electron chi connectivity index (χ4n) is 8.25. The average Bonchev–Trinajstić information content (AvgIpc) is 3.61. The summed E-state index contributed by atoms with van der Waals surface area (Å²) >= 11 is 6.73. The number of phenolic OH excluding ortho intramolecular Hbond substituents is 1. The van der Waals surface area contributed by atoms with E-state index in [2.05, 4.69) is 33.7 Å². The molecule has 2 amide bonds. The Hall–Kier alpha value is -5.60. The molecule has 0 spiro atoms. The highest BCUT2D eigenvalue weighted by Crippen LogP contribution is 2.39. The lowest BCUT2D eigenvalue weighted by Gasteiger charge is -2.40. The number of amides is 2. The number of phenols is 1. The van der Waals surface area contributed by atoms with Gasteiger partial charge in [0, 0.05) is 72.0 Å². The van der Waals surface area contributed by atoms with Gasteiger partial charge in [-0.15, -0.1) is 0 Å². The molecular weight excluding hydrogens is 714 g/mol. The van der Waals surface area contributed by atoms with Gasteiger partial charge in [-0.2, -0.15) is 5.26 Å². The van der Waals surface area contributed by atoms with Crippen molar-refractivity contribution in [3.8, 4) is 28.8 Å². The Morgan fingerprint density at radius 2 is 1.69 bits per heavy atom. The highest BCUT2D eigenvalue weighted by molar-refractivity contribution is 6.31. The van der Waals surface area contributed by atoms with Crippen molar-refractivity contribution in [3.05, 3.63) is 130 Å². The number of carbonyl (C=O) groups excluding carboxylic acids is 2. The van der Waals surface area contributed by atoms with Gasteiger partial charge in [-0.25, -0.2) is 0 Å². The molecule has 1 fully saturated rings. The summed E-state index contributed by atoms with van der Waals surface area (Å²) in [7, 11) is 1.50. The lowest BCUT2D eigenvalue weighted by molar-refractivity contribution is 0.0193. The number of halogens is 1. The summed E-state index contributed by atoms with van der Waals surface area (Å²) < 4.78 is 13.2. The molecule has 0 unspecified atom stereocenters. The second-order valence-corrected chi connectivity index (χ2v) is 14.8. The van der Waals surface area contributed by atoms with Crippen molar-refractivity contribution in [1.29, 1.82) is 5.26 Å². The first kappa shape index (κ1) is 36.4. The number of nitriles is 1. The van der Waals surface area contributed by atoms with E-state index < -0.39 is 0 Å². The van der Waals surface area contributed by atoms with Crippen LogP contribution < -0.4 is 9.64 Å². The minimum atomic E-state index is -0.301. The third-order valence-corrected chi connectivity index (χ3v) is 11.3. The van der Waals surface area contributed by atoms with Gasteiger partial charge in [0.2, 0.25) is 0 Å². The van der Waals surface area contributed by atoms with Crippen molar-refractivity contribution in [2.75, 3.05) is 44.9 Å². The van der Waals surface area contributed by atoms with Crippen LogP contribution in [0.5, 0.6) is 11.5 Å². The molecule has 55 heavy (non-hydrogen) atoms. The van der Waals surface area contributed by atoms with E-state index in [0.29, 0.717) is 71.6 Å². The number of rotatable bonds is 8. The minimum absolute atomic E-state index is 0.0379. The van der Waals surface area contributed by atoms with Crippen molar-refractivity contribution in [2.45, 2.75) is 44.8 Å². The molecule has 5 aromatic rings. The number of aromatic nitrogens is 1. The molecule has 0 aliphatic carbocycles. The Kier molecular flexibility index (Phi) is 10.3. The van der Waals surface area contributed by atoms with Crippen molar-refractivity contribution in [1.82, 2.24) is 14.4 Å². The van der Waals surface area contributed by atoms with Crippen LogP contribution in [-0.4, -0.2) is 77.3 Å². The lowest BCUT2D eigenvalue weighted by atomic mass is 9.92. The van der Waals surface area contributed by atoms with Crippen LogP contribution in [0.1, 0.15) is 55.9 Å². The Bertz CT molecular complexity index is 2290. The molecule has 4 heterocycles. The van der Waals surface area contributed by atoms with Gasteiger partial charge in [-0.05, 0) is 104 Å². The molecule has 4 aromatic carbocycles. The molecule has 280 valence electrons. The standard InChI is InChI=1S/C44H42ClN5O5/c1-54-42-16-12-34(23-31(42)26-46)50(33-10-13-36(51)14-11-33)44(53)39-25-41(48-17-5-4-8-40(39)48)38-24-32(45)9-15-37(38)43(52)49-27-30-7-3-2-6-29(30)22-35(49)28-47-18-20-55-21-19-47/h2-3,6-7,9-16,23-25,35,51H,4-5,8,17-22,27-28H2,1H3/t35-/m0/s1. The fourth-order valence-corrected chi connectivity index (χ4v) is 8.42. The number of hydrogen-bond donors (Lipinski definition) is 1. The first-order chi connectivity index (χ1) is 26.8. The summed E-state index contributed by atoms with van der Waals surface area (Å²) in [5.41, 5.74) is 7.01. The fraction of sp³-hybridized carbons (Fsp3) is 0.295. The number of hydrogen-bond acceptors (Lipinski definition) is 7. The van der Waals surface area contributed by atoms with Gasteiger partial charge in [0.1, 0.15) is 17.6 Å². The van der Waals surface area contributed by atoms with E-state index in [4.69, 9.17) is 21.1 Å². The molecule has 0 saturated carbocycles. The number of benzene rings is 4. The zero-order valence-corrected chi connectivity index (χ0v) is 31.5. The zero-order chi connectivity index (χ0) is 38.1. The Labute approximate surface area is 325 Å². The lowest BCUT2D eigenvalue weighted by Crippen LogP contribution is -2.52. The highest BCUT2D eigenvalue weighted by atomic mass is 35.5. The highest BCUT2D eigenvalue weighted by Gasteiger charge is 2.35. The van der Waals surface area contributed by atoms with E-state index in [1.54, 1.807) is 41.3 Å². The first-order valence-electron chi connectivity index (χ1n) is 18.7. The van der Waals surface area contributed by atoms with E-state index in [-0.39, 0.29) is 29.2 Å². The number of nitrogens with zero attached hydrogens (tertiary/aromatic N) is 5. The largest absolute Gasteiger partial charge is 0.508 e. The molecule has 3 aliphatic rings. The molecule has 1 saturated heterocycles. The van der Waals surface area contributed by atoms with Crippen LogP contribution in [0.25, 0.3) is 11.3 Å². The van der Waals surface area contributed by atoms with Crippen LogP contribution in [-0.2, 0) is 30.7 Å². The SMILES string of the molecule is COc1ccc(N(C(=O)c2cc(-c3cc(Cl)ccc3C(=O)N3Cc4ccccc4C[C@H]3CN3CCOCC3)n3c2CCCC3)c2ccc(O)cc2)cc1C#N.